The van der Waals surface area contributed by atoms with Gasteiger partial charge in [-0.2, -0.15) is 0 Å². The van der Waals surface area contributed by atoms with Crippen molar-refractivity contribution in [3.05, 3.63) is 54.3 Å². The van der Waals surface area contributed by atoms with Crippen molar-refractivity contribution in [3.8, 4) is 5.75 Å². The number of benzene rings is 2. The molecule has 2 amide bonds. The molecule has 1 N–H and O–H groups in total. The monoisotopic (exact) mass is 328 g/mol. The molecule has 2 aromatic rings. The number of nitrogens with zero attached hydrogens (tertiary/aromatic N) is 1. The molecule has 5 nitrogen and oxygen atoms in total. The molecule has 0 atom stereocenters. The Morgan fingerprint density at radius 1 is 1.21 bits per heavy atom. The minimum absolute atomic E-state index is 0.0874. The van der Waals surface area contributed by atoms with Crippen LogP contribution in [0.5, 0.6) is 5.75 Å². The molecule has 0 aromatic heterocycles. The van der Waals surface area contributed by atoms with Gasteiger partial charge in [0.05, 0.1) is 5.69 Å². The number of anilines is 2. The SMILES string of the molecule is O=C(COc1cccc(N2CCCC2=O)c1)Nc1ccccc1F. The van der Waals surface area contributed by atoms with Crippen molar-refractivity contribution in [1.82, 2.24) is 0 Å². The van der Waals surface area contributed by atoms with E-state index in [4.69, 9.17) is 4.74 Å². The summed E-state index contributed by atoms with van der Waals surface area (Å²) in [6, 6.07) is 13.0. The molecule has 3 rings (SSSR count). The molecule has 0 spiro atoms. The standard InChI is InChI=1S/C18H17FN2O3/c19-15-7-1-2-8-16(15)20-17(22)12-24-14-6-3-5-13(11-14)21-10-4-9-18(21)23/h1-3,5-8,11H,4,9-10,12H2,(H,20,22). The Labute approximate surface area is 139 Å². The zero-order chi connectivity index (χ0) is 16.9. The lowest BCUT2D eigenvalue weighted by Crippen LogP contribution is -2.24. The summed E-state index contributed by atoms with van der Waals surface area (Å²) in [7, 11) is 0. The van der Waals surface area contributed by atoms with Crippen molar-refractivity contribution in [1.29, 1.82) is 0 Å². The molecule has 1 aliphatic heterocycles. The van der Waals surface area contributed by atoms with Crippen LogP contribution in [0.2, 0.25) is 0 Å². The van der Waals surface area contributed by atoms with E-state index in [0.29, 0.717) is 18.7 Å². The molecule has 124 valence electrons. The Hall–Kier alpha value is -2.89. The van der Waals surface area contributed by atoms with Gasteiger partial charge in [-0.05, 0) is 30.7 Å². The first kappa shape index (κ1) is 16.0. The van der Waals surface area contributed by atoms with Crippen LogP contribution in [-0.2, 0) is 9.59 Å². The second kappa shape index (κ2) is 7.12. The summed E-state index contributed by atoms with van der Waals surface area (Å²) in [4.78, 5) is 25.3. The number of para-hydroxylation sites is 1. The number of nitrogens with one attached hydrogen (secondary N) is 1. The number of carbonyl (C=O) groups is 2. The number of rotatable bonds is 5. The fraction of sp³-hybridized carbons (Fsp3) is 0.222. The van der Waals surface area contributed by atoms with Gasteiger partial charge in [0, 0.05) is 24.7 Å². The molecule has 0 saturated carbocycles. The fourth-order valence-corrected chi connectivity index (χ4v) is 2.56. The van der Waals surface area contributed by atoms with E-state index in [-0.39, 0.29) is 18.2 Å². The Kier molecular flexibility index (Phi) is 4.74. The molecule has 24 heavy (non-hydrogen) atoms. The van der Waals surface area contributed by atoms with Crippen LogP contribution in [0, 0.1) is 5.82 Å². The summed E-state index contributed by atoms with van der Waals surface area (Å²) in [5, 5.41) is 2.45. The van der Waals surface area contributed by atoms with E-state index in [1.54, 1.807) is 35.2 Å². The van der Waals surface area contributed by atoms with Crippen molar-refractivity contribution in [3.63, 3.8) is 0 Å². The Bertz CT molecular complexity index is 763. The van der Waals surface area contributed by atoms with E-state index in [9.17, 15) is 14.0 Å². The summed E-state index contributed by atoms with van der Waals surface area (Å²) in [5.74, 6) is -0.386. The fourth-order valence-electron chi connectivity index (χ4n) is 2.56. The Morgan fingerprint density at radius 2 is 2.04 bits per heavy atom. The van der Waals surface area contributed by atoms with Crippen LogP contribution in [0.3, 0.4) is 0 Å². The second-order valence-corrected chi connectivity index (χ2v) is 5.46. The molecule has 1 saturated heterocycles. The lowest BCUT2D eigenvalue weighted by Gasteiger charge is -2.16. The summed E-state index contributed by atoms with van der Waals surface area (Å²) in [5.41, 5.74) is 0.868. The van der Waals surface area contributed by atoms with Gasteiger partial charge in [0.1, 0.15) is 11.6 Å². The number of hydrogen-bond donors (Lipinski definition) is 1. The number of halogens is 1. The van der Waals surface area contributed by atoms with Crippen LogP contribution < -0.4 is 15.0 Å². The third-order valence-electron chi connectivity index (χ3n) is 3.72. The first-order valence-electron chi connectivity index (χ1n) is 7.71. The van der Waals surface area contributed by atoms with Gasteiger partial charge >= 0.3 is 0 Å². The Morgan fingerprint density at radius 3 is 2.79 bits per heavy atom. The lowest BCUT2D eigenvalue weighted by atomic mass is 10.3. The maximum atomic E-state index is 13.5. The van der Waals surface area contributed by atoms with E-state index in [1.807, 2.05) is 6.07 Å². The predicted molar refractivity (Wildman–Crippen MR) is 88.6 cm³/mol. The average Bonchev–Trinajstić information content (AvgIpc) is 3.01. The second-order valence-electron chi connectivity index (χ2n) is 5.46. The summed E-state index contributed by atoms with van der Waals surface area (Å²) >= 11 is 0. The van der Waals surface area contributed by atoms with Gasteiger partial charge < -0.3 is 15.0 Å². The van der Waals surface area contributed by atoms with Crippen molar-refractivity contribution >= 4 is 23.2 Å². The van der Waals surface area contributed by atoms with Crippen molar-refractivity contribution < 1.29 is 18.7 Å². The van der Waals surface area contributed by atoms with E-state index in [1.165, 1.54) is 12.1 Å². The highest BCUT2D eigenvalue weighted by Crippen LogP contribution is 2.25. The third kappa shape index (κ3) is 3.71. The smallest absolute Gasteiger partial charge is 0.262 e. The maximum absolute atomic E-state index is 13.5. The number of hydrogen-bond acceptors (Lipinski definition) is 3. The highest BCUT2D eigenvalue weighted by molar-refractivity contribution is 5.95. The van der Waals surface area contributed by atoms with Gasteiger partial charge in [0.25, 0.3) is 5.91 Å². The maximum Gasteiger partial charge on any atom is 0.262 e. The van der Waals surface area contributed by atoms with Gasteiger partial charge in [-0.1, -0.05) is 18.2 Å². The number of ether oxygens (including phenoxy) is 1. The van der Waals surface area contributed by atoms with Crippen LogP contribution in [0.4, 0.5) is 15.8 Å². The molecule has 0 bridgehead atoms. The minimum atomic E-state index is -0.500. The number of carbonyl (C=O) groups excluding carboxylic acids is 2. The zero-order valence-electron chi connectivity index (χ0n) is 13.0. The molecule has 0 aliphatic carbocycles. The van der Waals surface area contributed by atoms with Crippen LogP contribution in [0.25, 0.3) is 0 Å². The van der Waals surface area contributed by atoms with Crippen LogP contribution in [-0.4, -0.2) is 25.0 Å². The molecule has 6 heteroatoms. The summed E-state index contributed by atoms with van der Waals surface area (Å²) in [6.45, 7) is 0.446. The van der Waals surface area contributed by atoms with Crippen LogP contribution >= 0.6 is 0 Å². The van der Waals surface area contributed by atoms with Crippen molar-refractivity contribution in [2.45, 2.75) is 12.8 Å². The van der Waals surface area contributed by atoms with Crippen LogP contribution in [0.1, 0.15) is 12.8 Å². The minimum Gasteiger partial charge on any atom is -0.484 e. The third-order valence-corrected chi connectivity index (χ3v) is 3.72. The zero-order valence-corrected chi connectivity index (χ0v) is 13.0. The van der Waals surface area contributed by atoms with Crippen molar-refractivity contribution in [2.24, 2.45) is 0 Å². The molecular weight excluding hydrogens is 311 g/mol. The van der Waals surface area contributed by atoms with Gasteiger partial charge in [0.2, 0.25) is 5.91 Å². The highest BCUT2D eigenvalue weighted by Gasteiger charge is 2.21. The van der Waals surface area contributed by atoms with Crippen LogP contribution in [0.15, 0.2) is 48.5 Å². The first-order valence-corrected chi connectivity index (χ1v) is 7.71. The predicted octanol–water partition coefficient (Wildman–Crippen LogP) is 2.97. The molecule has 0 unspecified atom stereocenters. The largest absolute Gasteiger partial charge is 0.484 e. The molecule has 2 aromatic carbocycles. The first-order chi connectivity index (χ1) is 11.6. The van der Waals surface area contributed by atoms with E-state index in [0.717, 1.165) is 12.1 Å². The van der Waals surface area contributed by atoms with Gasteiger partial charge in [0.15, 0.2) is 6.61 Å². The molecule has 0 radical (unpaired) electrons. The molecule has 1 aliphatic rings. The van der Waals surface area contributed by atoms with E-state index in [2.05, 4.69) is 5.32 Å². The Balaban J connectivity index is 1.59. The van der Waals surface area contributed by atoms with Crippen molar-refractivity contribution in [2.75, 3.05) is 23.4 Å². The van der Waals surface area contributed by atoms with Gasteiger partial charge in [-0.15, -0.1) is 0 Å². The molecule has 1 heterocycles. The quantitative estimate of drug-likeness (QED) is 0.918. The topological polar surface area (TPSA) is 58.6 Å². The summed E-state index contributed by atoms with van der Waals surface area (Å²) in [6.07, 6.45) is 1.39. The molecular formula is C18H17FN2O3. The van der Waals surface area contributed by atoms with Gasteiger partial charge in [-0.3, -0.25) is 9.59 Å². The normalized spacial score (nSPS) is 13.9. The van der Waals surface area contributed by atoms with Gasteiger partial charge in [-0.25, -0.2) is 4.39 Å². The summed E-state index contributed by atoms with van der Waals surface area (Å²) < 4.78 is 18.9. The highest BCUT2D eigenvalue weighted by atomic mass is 19.1. The van der Waals surface area contributed by atoms with E-state index >= 15 is 0 Å². The van der Waals surface area contributed by atoms with E-state index < -0.39 is 11.7 Å². The molecule has 1 fully saturated rings. The lowest BCUT2D eigenvalue weighted by molar-refractivity contribution is -0.118. The average molecular weight is 328 g/mol. The number of amides is 2.